The zero-order valence-corrected chi connectivity index (χ0v) is 12.4. The number of methoxy groups -OCH3 is 1. The number of nitrogens with zero attached hydrogens (tertiary/aromatic N) is 1. The highest BCUT2D eigenvalue weighted by Crippen LogP contribution is 2.15. The maximum atomic E-state index is 5.43. The van der Waals surface area contributed by atoms with E-state index in [1.807, 2.05) is 6.20 Å². The van der Waals surface area contributed by atoms with E-state index < -0.39 is 0 Å². The minimum Gasteiger partial charge on any atom is -0.382 e. The van der Waals surface area contributed by atoms with Crippen LogP contribution in [0.3, 0.4) is 0 Å². The zero-order chi connectivity index (χ0) is 13.4. The molecule has 1 aromatic rings. The van der Waals surface area contributed by atoms with Gasteiger partial charge in [0.2, 0.25) is 0 Å². The summed E-state index contributed by atoms with van der Waals surface area (Å²) in [7, 11) is 1.68. The Morgan fingerprint density at radius 1 is 1.28 bits per heavy atom. The minimum atomic E-state index is 0.496. The van der Waals surface area contributed by atoms with Crippen LogP contribution in [0.15, 0.2) is 6.20 Å². The van der Waals surface area contributed by atoms with Gasteiger partial charge in [-0.25, -0.2) is 0 Å². The Kier molecular flexibility index (Phi) is 7.23. The van der Waals surface area contributed by atoms with Gasteiger partial charge in [-0.3, -0.25) is 0 Å². The molecular formula is C13H24N2O2S. The molecule has 1 aromatic heterocycles. The highest BCUT2D eigenvalue weighted by Gasteiger charge is 2.07. The molecule has 0 spiro atoms. The topological polar surface area (TPSA) is 39.2 Å². The third-order valence-corrected chi connectivity index (χ3v) is 3.18. The molecule has 4 nitrogen and oxygen atoms in total. The average molecular weight is 272 g/mol. The van der Waals surface area contributed by atoms with Crippen LogP contribution in [-0.4, -0.2) is 36.5 Å². The van der Waals surface area contributed by atoms with Crippen LogP contribution in [0.2, 0.25) is 0 Å². The maximum absolute atomic E-state index is 5.43. The molecule has 1 N–H and O–H groups in total. The molecule has 0 fully saturated rings. The molecule has 0 aliphatic rings. The van der Waals surface area contributed by atoms with Gasteiger partial charge in [-0.15, -0.1) is 0 Å². The normalized spacial score (nSPS) is 11.3. The van der Waals surface area contributed by atoms with Crippen molar-refractivity contribution in [2.75, 3.05) is 26.9 Å². The summed E-state index contributed by atoms with van der Waals surface area (Å²) >= 11 is 5.29. The van der Waals surface area contributed by atoms with Gasteiger partial charge in [-0.05, 0) is 31.0 Å². The first-order valence-corrected chi connectivity index (χ1v) is 6.92. The lowest BCUT2D eigenvalue weighted by Crippen LogP contribution is -2.07. The lowest BCUT2D eigenvalue weighted by molar-refractivity contribution is 0.0684. The SMILES string of the molecule is COCCOCCCCn1c(C(C)C)c[nH]c1=S. The van der Waals surface area contributed by atoms with Gasteiger partial charge in [0.05, 0.1) is 13.2 Å². The quantitative estimate of drug-likeness (QED) is 0.554. The van der Waals surface area contributed by atoms with Gasteiger partial charge < -0.3 is 19.0 Å². The summed E-state index contributed by atoms with van der Waals surface area (Å²) in [6.07, 6.45) is 4.15. The predicted octanol–water partition coefficient (Wildman–Crippen LogP) is 3.11. The largest absolute Gasteiger partial charge is 0.382 e. The van der Waals surface area contributed by atoms with Crippen molar-refractivity contribution in [2.45, 2.75) is 39.2 Å². The Labute approximate surface area is 114 Å². The maximum Gasteiger partial charge on any atom is 0.177 e. The molecule has 0 atom stereocenters. The minimum absolute atomic E-state index is 0.496. The molecule has 0 aromatic carbocycles. The summed E-state index contributed by atoms with van der Waals surface area (Å²) in [6.45, 7) is 7.46. The van der Waals surface area contributed by atoms with Crippen molar-refractivity contribution in [2.24, 2.45) is 0 Å². The number of aromatic nitrogens is 2. The molecule has 0 amide bonds. The van der Waals surface area contributed by atoms with Crippen molar-refractivity contribution >= 4 is 12.2 Å². The summed E-state index contributed by atoms with van der Waals surface area (Å²) in [4.78, 5) is 3.12. The molecule has 0 aliphatic carbocycles. The first kappa shape index (κ1) is 15.4. The number of ether oxygens (including phenoxy) is 2. The lowest BCUT2D eigenvalue weighted by Gasteiger charge is -2.10. The molecule has 1 rings (SSSR count). The number of imidazole rings is 1. The van der Waals surface area contributed by atoms with Crippen molar-refractivity contribution in [1.29, 1.82) is 0 Å². The van der Waals surface area contributed by atoms with Gasteiger partial charge in [0.1, 0.15) is 0 Å². The third-order valence-electron chi connectivity index (χ3n) is 2.84. The molecule has 0 unspecified atom stereocenters. The van der Waals surface area contributed by atoms with Gasteiger partial charge in [0, 0.05) is 32.2 Å². The van der Waals surface area contributed by atoms with Gasteiger partial charge in [-0.2, -0.15) is 0 Å². The van der Waals surface area contributed by atoms with Crippen molar-refractivity contribution < 1.29 is 9.47 Å². The summed E-state index contributed by atoms with van der Waals surface area (Å²) < 4.78 is 13.4. The first-order chi connectivity index (χ1) is 8.66. The Bertz CT molecular complexity index is 385. The van der Waals surface area contributed by atoms with Crippen molar-refractivity contribution in [3.05, 3.63) is 16.7 Å². The van der Waals surface area contributed by atoms with Gasteiger partial charge in [-0.1, -0.05) is 13.8 Å². The molecular weight excluding hydrogens is 248 g/mol. The molecule has 5 heteroatoms. The summed E-state index contributed by atoms with van der Waals surface area (Å²) in [6, 6.07) is 0. The van der Waals surface area contributed by atoms with Crippen LogP contribution in [0.1, 0.15) is 38.3 Å². The second kappa shape index (κ2) is 8.45. The van der Waals surface area contributed by atoms with E-state index >= 15 is 0 Å². The Morgan fingerprint density at radius 2 is 2.06 bits per heavy atom. The monoisotopic (exact) mass is 272 g/mol. The number of H-pyrrole nitrogens is 1. The van der Waals surface area contributed by atoms with Crippen LogP contribution in [0.4, 0.5) is 0 Å². The second-order valence-electron chi connectivity index (χ2n) is 4.64. The highest BCUT2D eigenvalue weighted by molar-refractivity contribution is 7.71. The summed E-state index contributed by atoms with van der Waals surface area (Å²) in [5, 5.41) is 0. The van der Waals surface area contributed by atoms with E-state index in [-0.39, 0.29) is 0 Å². The van der Waals surface area contributed by atoms with Crippen LogP contribution < -0.4 is 0 Å². The van der Waals surface area contributed by atoms with E-state index in [4.69, 9.17) is 21.7 Å². The Balaban J connectivity index is 2.27. The fourth-order valence-corrected chi connectivity index (χ4v) is 2.09. The second-order valence-corrected chi connectivity index (χ2v) is 5.02. The summed E-state index contributed by atoms with van der Waals surface area (Å²) in [5.41, 5.74) is 1.28. The molecule has 0 saturated carbocycles. The van der Waals surface area contributed by atoms with E-state index in [1.54, 1.807) is 7.11 Å². The van der Waals surface area contributed by atoms with Crippen LogP contribution >= 0.6 is 12.2 Å². The number of hydrogen-bond acceptors (Lipinski definition) is 3. The van der Waals surface area contributed by atoms with Crippen molar-refractivity contribution in [3.63, 3.8) is 0 Å². The average Bonchev–Trinajstić information content (AvgIpc) is 2.70. The molecule has 0 aliphatic heterocycles. The predicted molar refractivity (Wildman–Crippen MR) is 75.6 cm³/mol. The number of unbranched alkanes of at least 4 members (excludes halogenated alkanes) is 1. The van der Waals surface area contributed by atoms with Crippen LogP contribution in [-0.2, 0) is 16.0 Å². The molecule has 104 valence electrons. The standard InChI is InChI=1S/C13H24N2O2S/c1-11(2)12-10-14-13(18)15(12)6-4-5-7-17-9-8-16-3/h10-11H,4-9H2,1-3H3,(H,14,18). The van der Waals surface area contributed by atoms with Crippen molar-refractivity contribution in [3.8, 4) is 0 Å². The van der Waals surface area contributed by atoms with Gasteiger partial charge in [0.15, 0.2) is 4.77 Å². The molecule has 0 radical (unpaired) electrons. The number of hydrogen-bond donors (Lipinski definition) is 1. The zero-order valence-electron chi connectivity index (χ0n) is 11.6. The Hall–Kier alpha value is -0.650. The lowest BCUT2D eigenvalue weighted by atomic mass is 10.1. The number of aromatic amines is 1. The molecule has 1 heterocycles. The molecule has 0 saturated heterocycles. The molecule has 18 heavy (non-hydrogen) atoms. The van der Waals surface area contributed by atoms with E-state index in [0.717, 1.165) is 30.8 Å². The Morgan fingerprint density at radius 3 is 2.72 bits per heavy atom. The van der Waals surface area contributed by atoms with E-state index in [0.29, 0.717) is 19.1 Å². The van der Waals surface area contributed by atoms with Gasteiger partial charge in [0.25, 0.3) is 0 Å². The number of nitrogens with one attached hydrogen (secondary N) is 1. The number of rotatable bonds is 9. The van der Waals surface area contributed by atoms with Gasteiger partial charge >= 0.3 is 0 Å². The first-order valence-electron chi connectivity index (χ1n) is 6.51. The van der Waals surface area contributed by atoms with Crippen LogP contribution in [0.25, 0.3) is 0 Å². The van der Waals surface area contributed by atoms with E-state index in [1.165, 1.54) is 5.69 Å². The van der Waals surface area contributed by atoms with Crippen LogP contribution in [0, 0.1) is 4.77 Å². The van der Waals surface area contributed by atoms with Crippen LogP contribution in [0.5, 0.6) is 0 Å². The molecule has 0 bridgehead atoms. The third kappa shape index (κ3) is 4.92. The fraction of sp³-hybridized carbons (Fsp3) is 0.769. The van der Waals surface area contributed by atoms with E-state index in [2.05, 4.69) is 23.4 Å². The van der Waals surface area contributed by atoms with Crippen molar-refractivity contribution in [1.82, 2.24) is 9.55 Å². The van der Waals surface area contributed by atoms with E-state index in [9.17, 15) is 0 Å². The smallest absolute Gasteiger partial charge is 0.177 e. The summed E-state index contributed by atoms with van der Waals surface area (Å²) in [5.74, 6) is 0.496. The highest BCUT2D eigenvalue weighted by atomic mass is 32.1. The fourth-order valence-electron chi connectivity index (χ4n) is 1.84.